The largest absolute Gasteiger partial charge is 0.393 e. The van der Waals surface area contributed by atoms with E-state index in [0.29, 0.717) is 23.6 Å². The van der Waals surface area contributed by atoms with Crippen LogP contribution in [0.1, 0.15) is 28.8 Å². The predicted octanol–water partition coefficient (Wildman–Crippen LogP) is 2.74. The molecule has 5 heterocycles. The number of imidazole rings is 1. The van der Waals surface area contributed by atoms with Gasteiger partial charge >= 0.3 is 0 Å². The zero-order chi connectivity index (χ0) is 22.4. The van der Waals surface area contributed by atoms with Crippen LogP contribution in [-0.4, -0.2) is 49.6 Å². The number of aliphatic hydroxyl groups excluding tert-OH is 1. The van der Waals surface area contributed by atoms with E-state index in [1.54, 1.807) is 18.6 Å². The number of piperidine rings is 1. The van der Waals surface area contributed by atoms with Crippen LogP contribution >= 0.6 is 0 Å². The number of amides is 1. The summed E-state index contributed by atoms with van der Waals surface area (Å²) in [5, 5.41) is 16.0. The first-order valence-electron chi connectivity index (χ1n) is 11.0. The molecule has 2 aliphatic rings. The van der Waals surface area contributed by atoms with E-state index in [2.05, 4.69) is 30.5 Å². The Bertz CT molecular complexity index is 1340. The molecule has 33 heavy (non-hydrogen) atoms. The Labute approximate surface area is 190 Å². The Morgan fingerprint density at radius 3 is 2.76 bits per heavy atom. The molecule has 6 rings (SSSR count). The van der Waals surface area contributed by atoms with E-state index in [0.717, 1.165) is 54.1 Å². The minimum absolute atomic E-state index is 0.111. The van der Waals surface area contributed by atoms with Gasteiger partial charge < -0.3 is 20.6 Å². The summed E-state index contributed by atoms with van der Waals surface area (Å²) in [6, 6.07) is 7.84. The number of carbonyl (C=O) groups is 1. The molecule has 0 radical (unpaired) electrons. The van der Waals surface area contributed by atoms with E-state index in [1.807, 2.05) is 41.1 Å². The second-order valence-electron chi connectivity index (χ2n) is 8.39. The summed E-state index contributed by atoms with van der Waals surface area (Å²) in [6.45, 7) is 2.10. The van der Waals surface area contributed by atoms with Crippen LogP contribution < -0.4 is 15.5 Å². The van der Waals surface area contributed by atoms with E-state index >= 15 is 0 Å². The van der Waals surface area contributed by atoms with Crippen molar-refractivity contribution in [2.45, 2.75) is 25.5 Å². The lowest BCUT2D eigenvalue weighted by atomic mass is 10.0. The normalized spacial score (nSPS) is 16.2. The van der Waals surface area contributed by atoms with E-state index in [-0.39, 0.29) is 12.0 Å². The monoisotopic (exact) mass is 441 g/mol. The van der Waals surface area contributed by atoms with Gasteiger partial charge in [-0.1, -0.05) is 0 Å². The Hall–Kier alpha value is -3.98. The van der Waals surface area contributed by atoms with Gasteiger partial charge in [0.25, 0.3) is 5.91 Å². The molecule has 3 N–H and O–H groups in total. The zero-order valence-corrected chi connectivity index (χ0v) is 17.9. The van der Waals surface area contributed by atoms with Gasteiger partial charge in [-0.15, -0.1) is 0 Å². The van der Waals surface area contributed by atoms with Crippen LogP contribution in [0.5, 0.6) is 0 Å². The summed E-state index contributed by atoms with van der Waals surface area (Å²) < 4.78 is 1.97. The lowest BCUT2D eigenvalue weighted by Gasteiger charge is -2.31. The second kappa shape index (κ2) is 7.86. The van der Waals surface area contributed by atoms with Gasteiger partial charge in [-0.2, -0.15) is 0 Å². The highest BCUT2D eigenvalue weighted by molar-refractivity contribution is 6.06. The number of anilines is 3. The summed E-state index contributed by atoms with van der Waals surface area (Å²) in [5.74, 6) is 1.34. The molecular formula is C24H23N7O2. The summed E-state index contributed by atoms with van der Waals surface area (Å²) in [4.78, 5) is 28.2. The van der Waals surface area contributed by atoms with Crippen LogP contribution in [0, 0.1) is 0 Å². The molecule has 0 atom stereocenters. The van der Waals surface area contributed by atoms with Gasteiger partial charge in [0.1, 0.15) is 11.6 Å². The molecule has 1 aromatic carbocycles. The Balaban J connectivity index is 1.31. The van der Waals surface area contributed by atoms with Crippen molar-refractivity contribution in [3.8, 4) is 11.4 Å². The van der Waals surface area contributed by atoms with Crippen LogP contribution in [0.3, 0.4) is 0 Å². The fraction of sp³-hybridized carbons (Fsp3) is 0.250. The number of rotatable bonds is 4. The molecule has 1 saturated heterocycles. The number of nitrogens with one attached hydrogen (secondary N) is 2. The van der Waals surface area contributed by atoms with Crippen molar-refractivity contribution in [1.29, 1.82) is 0 Å². The van der Waals surface area contributed by atoms with Gasteiger partial charge in [0, 0.05) is 37.6 Å². The molecule has 1 fully saturated rings. The first kappa shape index (κ1) is 19.7. The summed E-state index contributed by atoms with van der Waals surface area (Å²) in [6.07, 6.45) is 10.3. The van der Waals surface area contributed by atoms with Gasteiger partial charge in [0.15, 0.2) is 0 Å². The number of carbonyl (C=O) groups excluding carboxylic acids is 1. The van der Waals surface area contributed by atoms with Crippen molar-refractivity contribution in [1.82, 2.24) is 24.7 Å². The third-order valence-corrected chi connectivity index (χ3v) is 6.38. The van der Waals surface area contributed by atoms with Crippen LogP contribution in [-0.2, 0) is 6.54 Å². The molecule has 0 saturated carbocycles. The molecule has 3 aromatic heterocycles. The van der Waals surface area contributed by atoms with Gasteiger partial charge in [0.05, 0.1) is 47.1 Å². The first-order valence-corrected chi connectivity index (χ1v) is 11.0. The number of aromatic nitrogens is 4. The Kier molecular flexibility index (Phi) is 4.69. The minimum atomic E-state index is -0.206. The van der Waals surface area contributed by atoms with Gasteiger partial charge in [-0.25, -0.2) is 9.97 Å². The first-order chi connectivity index (χ1) is 16.2. The fourth-order valence-corrected chi connectivity index (χ4v) is 4.62. The van der Waals surface area contributed by atoms with Crippen molar-refractivity contribution < 1.29 is 9.90 Å². The number of pyridine rings is 1. The molecule has 0 spiro atoms. The number of benzene rings is 1. The van der Waals surface area contributed by atoms with Gasteiger partial charge in [-0.3, -0.25) is 14.2 Å². The molecule has 9 heteroatoms. The molecular weight excluding hydrogens is 418 g/mol. The highest BCUT2D eigenvalue weighted by Gasteiger charge is 2.27. The SMILES string of the molecule is O=C1NCc2c(-c3ncc4cnccn34)ccc(Nc3ccc(N4CCC(O)CC4)cn3)c21. The number of nitrogens with zero attached hydrogens (tertiary/aromatic N) is 5. The maximum absolute atomic E-state index is 12.7. The summed E-state index contributed by atoms with van der Waals surface area (Å²) in [7, 11) is 0. The highest BCUT2D eigenvalue weighted by atomic mass is 16.3. The van der Waals surface area contributed by atoms with Crippen LogP contribution in [0.4, 0.5) is 17.2 Å². The molecule has 4 aromatic rings. The summed E-state index contributed by atoms with van der Waals surface area (Å²) in [5.41, 5.74) is 5.09. The third kappa shape index (κ3) is 3.46. The third-order valence-electron chi connectivity index (χ3n) is 6.38. The predicted molar refractivity (Wildman–Crippen MR) is 125 cm³/mol. The number of hydrogen-bond acceptors (Lipinski definition) is 7. The van der Waals surface area contributed by atoms with Crippen LogP contribution in [0.2, 0.25) is 0 Å². The maximum Gasteiger partial charge on any atom is 0.254 e. The van der Waals surface area contributed by atoms with E-state index in [1.165, 1.54) is 0 Å². The summed E-state index contributed by atoms with van der Waals surface area (Å²) >= 11 is 0. The quantitative estimate of drug-likeness (QED) is 0.447. The zero-order valence-electron chi connectivity index (χ0n) is 17.9. The standard InChI is InChI=1S/C24H23N7O2/c32-17-5-8-30(9-6-17)15-1-4-21(26-12-15)29-20-3-2-18(19-14-28-24(33)22(19)20)23-27-13-16-11-25-7-10-31(16)23/h1-4,7,10-13,17,32H,5-6,8-9,14H2,(H,26,29)(H,28,33). The van der Waals surface area contributed by atoms with Crippen molar-refractivity contribution in [3.05, 3.63) is 66.4 Å². The smallest absolute Gasteiger partial charge is 0.254 e. The van der Waals surface area contributed by atoms with Crippen molar-refractivity contribution >= 4 is 28.6 Å². The Morgan fingerprint density at radius 2 is 1.94 bits per heavy atom. The molecule has 9 nitrogen and oxygen atoms in total. The average molecular weight is 441 g/mol. The lowest BCUT2D eigenvalue weighted by molar-refractivity contribution is 0.0966. The maximum atomic E-state index is 12.7. The topological polar surface area (TPSA) is 108 Å². The molecule has 166 valence electrons. The molecule has 0 bridgehead atoms. The van der Waals surface area contributed by atoms with E-state index in [9.17, 15) is 9.90 Å². The van der Waals surface area contributed by atoms with Crippen LogP contribution in [0.15, 0.2) is 55.2 Å². The van der Waals surface area contributed by atoms with Gasteiger partial charge in [0.2, 0.25) is 0 Å². The average Bonchev–Trinajstić information content (AvgIpc) is 3.45. The second-order valence-corrected chi connectivity index (χ2v) is 8.39. The Morgan fingerprint density at radius 1 is 1.06 bits per heavy atom. The minimum Gasteiger partial charge on any atom is -0.393 e. The number of fused-ring (bicyclic) bond motifs is 2. The van der Waals surface area contributed by atoms with Gasteiger partial charge in [-0.05, 0) is 42.7 Å². The molecule has 2 aliphatic heterocycles. The number of hydrogen-bond donors (Lipinski definition) is 3. The molecule has 1 amide bonds. The van der Waals surface area contributed by atoms with E-state index < -0.39 is 0 Å². The molecule has 0 unspecified atom stereocenters. The number of aliphatic hydroxyl groups is 1. The molecule has 0 aliphatic carbocycles. The van der Waals surface area contributed by atoms with Crippen molar-refractivity contribution in [2.24, 2.45) is 0 Å². The fourth-order valence-electron chi connectivity index (χ4n) is 4.62. The highest BCUT2D eigenvalue weighted by Crippen LogP contribution is 2.35. The van der Waals surface area contributed by atoms with Crippen molar-refractivity contribution in [3.63, 3.8) is 0 Å². The van der Waals surface area contributed by atoms with Crippen molar-refractivity contribution in [2.75, 3.05) is 23.3 Å². The lowest BCUT2D eigenvalue weighted by Crippen LogP contribution is -2.35. The van der Waals surface area contributed by atoms with E-state index in [4.69, 9.17) is 0 Å². The van der Waals surface area contributed by atoms with Crippen LogP contribution in [0.25, 0.3) is 16.9 Å².